The summed E-state index contributed by atoms with van der Waals surface area (Å²) in [5, 5.41) is 2.10. The quantitative estimate of drug-likeness (QED) is 0.739. The molecule has 0 amide bonds. The zero-order valence-electron chi connectivity index (χ0n) is 10.5. The molecule has 0 aliphatic carbocycles. The average molecular weight is 265 g/mol. The molecule has 0 radical (unpaired) electrons. The summed E-state index contributed by atoms with van der Waals surface area (Å²) in [6, 6.07) is 21.2. The van der Waals surface area contributed by atoms with Gasteiger partial charge in [-0.3, -0.25) is 0 Å². The molecule has 1 nitrogen and oxygen atoms in total. The molecule has 19 heavy (non-hydrogen) atoms. The fraction of sp³-hybridized carbons (Fsp3) is 0.0588. The molecule has 2 aromatic carbocycles. The second-order valence-corrected chi connectivity index (χ2v) is 5.41. The first-order valence-electron chi connectivity index (χ1n) is 6.31. The Labute approximate surface area is 117 Å². The number of thiophene rings is 1. The summed E-state index contributed by atoms with van der Waals surface area (Å²) in [6.07, 6.45) is 0. The Bertz CT molecular complexity index is 653. The van der Waals surface area contributed by atoms with Crippen molar-refractivity contribution in [3.63, 3.8) is 0 Å². The fourth-order valence-electron chi connectivity index (χ4n) is 2.23. The SMILES string of the molecule is NCc1sccc1-c1ccc(-c2ccccc2)cc1. The Morgan fingerprint density at radius 3 is 2.05 bits per heavy atom. The van der Waals surface area contributed by atoms with Gasteiger partial charge in [0, 0.05) is 11.4 Å². The smallest absolute Gasteiger partial charge is 0.0280 e. The second kappa shape index (κ2) is 5.39. The summed E-state index contributed by atoms with van der Waals surface area (Å²) in [5.74, 6) is 0. The highest BCUT2D eigenvalue weighted by Gasteiger charge is 2.05. The molecule has 1 heterocycles. The third-order valence-electron chi connectivity index (χ3n) is 3.23. The Morgan fingerprint density at radius 1 is 0.737 bits per heavy atom. The minimum absolute atomic E-state index is 0.605. The lowest BCUT2D eigenvalue weighted by molar-refractivity contribution is 1.11. The molecule has 0 atom stereocenters. The second-order valence-electron chi connectivity index (χ2n) is 4.40. The van der Waals surface area contributed by atoms with E-state index in [9.17, 15) is 0 Å². The van der Waals surface area contributed by atoms with Crippen molar-refractivity contribution in [3.05, 3.63) is 70.9 Å². The van der Waals surface area contributed by atoms with Gasteiger partial charge in [0.25, 0.3) is 0 Å². The molecule has 3 aromatic rings. The van der Waals surface area contributed by atoms with Crippen molar-refractivity contribution in [2.45, 2.75) is 6.54 Å². The lowest BCUT2D eigenvalue weighted by Crippen LogP contribution is -1.94. The Morgan fingerprint density at radius 2 is 1.37 bits per heavy atom. The van der Waals surface area contributed by atoms with E-state index >= 15 is 0 Å². The predicted molar refractivity (Wildman–Crippen MR) is 83.1 cm³/mol. The van der Waals surface area contributed by atoms with Gasteiger partial charge in [-0.25, -0.2) is 0 Å². The molecule has 0 aliphatic heterocycles. The fourth-order valence-corrected chi connectivity index (χ4v) is 3.01. The largest absolute Gasteiger partial charge is 0.326 e. The lowest BCUT2D eigenvalue weighted by Gasteiger charge is -2.05. The van der Waals surface area contributed by atoms with E-state index in [4.69, 9.17) is 5.73 Å². The van der Waals surface area contributed by atoms with Crippen LogP contribution in [0.3, 0.4) is 0 Å². The van der Waals surface area contributed by atoms with Crippen LogP contribution < -0.4 is 5.73 Å². The number of nitrogens with two attached hydrogens (primary N) is 1. The normalized spacial score (nSPS) is 10.6. The highest BCUT2D eigenvalue weighted by molar-refractivity contribution is 7.10. The molecule has 0 spiro atoms. The molecular formula is C17H15NS. The Kier molecular flexibility index (Phi) is 3.45. The first-order valence-corrected chi connectivity index (χ1v) is 7.19. The molecule has 0 aliphatic rings. The summed E-state index contributed by atoms with van der Waals surface area (Å²) in [6.45, 7) is 0.605. The van der Waals surface area contributed by atoms with Gasteiger partial charge >= 0.3 is 0 Å². The monoisotopic (exact) mass is 265 g/mol. The average Bonchev–Trinajstić information content (AvgIpc) is 2.97. The molecule has 0 saturated carbocycles. The van der Waals surface area contributed by atoms with Gasteiger partial charge < -0.3 is 5.73 Å². The standard InChI is InChI=1S/C17H15NS/c18-12-17-16(10-11-19-17)15-8-6-14(7-9-15)13-4-2-1-3-5-13/h1-11H,12,18H2. The summed E-state index contributed by atoms with van der Waals surface area (Å²) in [5.41, 5.74) is 10.8. The van der Waals surface area contributed by atoms with Crippen LogP contribution in [0.2, 0.25) is 0 Å². The third-order valence-corrected chi connectivity index (χ3v) is 4.18. The van der Waals surface area contributed by atoms with Gasteiger partial charge in [0.2, 0.25) is 0 Å². The number of rotatable bonds is 3. The number of hydrogen-bond donors (Lipinski definition) is 1. The van der Waals surface area contributed by atoms with Crippen LogP contribution in [-0.4, -0.2) is 0 Å². The van der Waals surface area contributed by atoms with Crippen molar-refractivity contribution in [2.75, 3.05) is 0 Å². The minimum Gasteiger partial charge on any atom is -0.326 e. The number of hydrogen-bond acceptors (Lipinski definition) is 2. The van der Waals surface area contributed by atoms with E-state index in [-0.39, 0.29) is 0 Å². The van der Waals surface area contributed by atoms with E-state index in [0.29, 0.717) is 6.54 Å². The lowest BCUT2D eigenvalue weighted by atomic mass is 10.0. The van der Waals surface area contributed by atoms with E-state index in [1.807, 2.05) is 6.07 Å². The molecule has 1 aromatic heterocycles. The maximum atomic E-state index is 5.76. The highest BCUT2D eigenvalue weighted by atomic mass is 32.1. The maximum Gasteiger partial charge on any atom is 0.0280 e. The van der Waals surface area contributed by atoms with Crippen molar-refractivity contribution in [3.8, 4) is 22.3 Å². The summed E-state index contributed by atoms with van der Waals surface area (Å²) >= 11 is 1.72. The van der Waals surface area contributed by atoms with Crippen LogP contribution >= 0.6 is 11.3 Å². The van der Waals surface area contributed by atoms with Crippen molar-refractivity contribution in [1.82, 2.24) is 0 Å². The van der Waals surface area contributed by atoms with Crippen LogP contribution in [0.4, 0.5) is 0 Å². The van der Waals surface area contributed by atoms with Crippen molar-refractivity contribution < 1.29 is 0 Å². The van der Waals surface area contributed by atoms with E-state index < -0.39 is 0 Å². The zero-order chi connectivity index (χ0) is 13.1. The van der Waals surface area contributed by atoms with Gasteiger partial charge in [-0.1, -0.05) is 54.6 Å². The van der Waals surface area contributed by atoms with Crippen molar-refractivity contribution in [1.29, 1.82) is 0 Å². The van der Waals surface area contributed by atoms with E-state index in [2.05, 4.69) is 60.0 Å². The van der Waals surface area contributed by atoms with Crippen LogP contribution in [0, 0.1) is 0 Å². The molecule has 94 valence electrons. The molecule has 2 N–H and O–H groups in total. The van der Waals surface area contributed by atoms with Crippen LogP contribution in [0.25, 0.3) is 22.3 Å². The first kappa shape index (κ1) is 12.2. The summed E-state index contributed by atoms with van der Waals surface area (Å²) in [7, 11) is 0. The van der Waals surface area contributed by atoms with Crippen molar-refractivity contribution >= 4 is 11.3 Å². The molecule has 3 rings (SSSR count). The molecule has 0 saturated heterocycles. The molecular weight excluding hydrogens is 250 g/mol. The Hall–Kier alpha value is -1.90. The molecule has 2 heteroatoms. The van der Waals surface area contributed by atoms with Gasteiger partial charge in [-0.15, -0.1) is 11.3 Å². The predicted octanol–water partition coefficient (Wildman–Crippen LogP) is 4.54. The van der Waals surface area contributed by atoms with Crippen LogP contribution in [0.15, 0.2) is 66.0 Å². The maximum absolute atomic E-state index is 5.76. The molecule has 0 bridgehead atoms. The molecule has 0 unspecified atom stereocenters. The van der Waals surface area contributed by atoms with Crippen molar-refractivity contribution in [2.24, 2.45) is 5.73 Å². The highest BCUT2D eigenvalue weighted by Crippen LogP contribution is 2.29. The van der Waals surface area contributed by atoms with E-state index in [1.165, 1.54) is 27.1 Å². The summed E-state index contributed by atoms with van der Waals surface area (Å²) in [4.78, 5) is 1.24. The topological polar surface area (TPSA) is 26.0 Å². The summed E-state index contributed by atoms with van der Waals surface area (Å²) < 4.78 is 0. The van der Waals surface area contributed by atoms with E-state index in [1.54, 1.807) is 11.3 Å². The van der Waals surface area contributed by atoms with E-state index in [0.717, 1.165) is 0 Å². The molecule has 0 fully saturated rings. The zero-order valence-corrected chi connectivity index (χ0v) is 11.4. The third kappa shape index (κ3) is 2.46. The minimum atomic E-state index is 0.605. The Balaban J connectivity index is 1.96. The van der Waals surface area contributed by atoms with Gasteiger partial charge in [0.05, 0.1) is 0 Å². The number of benzene rings is 2. The van der Waals surface area contributed by atoms with Crippen LogP contribution in [0.1, 0.15) is 4.88 Å². The van der Waals surface area contributed by atoms with Crippen LogP contribution in [-0.2, 0) is 6.54 Å². The van der Waals surface area contributed by atoms with Gasteiger partial charge in [-0.05, 0) is 33.7 Å². The van der Waals surface area contributed by atoms with Gasteiger partial charge in [0.15, 0.2) is 0 Å². The first-order chi connectivity index (χ1) is 9.38. The van der Waals surface area contributed by atoms with Crippen LogP contribution in [0.5, 0.6) is 0 Å². The van der Waals surface area contributed by atoms with Gasteiger partial charge in [0.1, 0.15) is 0 Å². The van der Waals surface area contributed by atoms with Gasteiger partial charge in [-0.2, -0.15) is 0 Å².